The van der Waals surface area contributed by atoms with Crippen LogP contribution < -0.4 is 9.80 Å². The highest BCUT2D eigenvalue weighted by atomic mass is 127. The van der Waals surface area contributed by atoms with Crippen LogP contribution in [0.2, 0.25) is 0 Å². The normalized spacial score (nSPS) is 15.3. The molecule has 9 nitrogen and oxygen atoms in total. The zero-order valence-electron chi connectivity index (χ0n) is 40.2. The molecule has 2 aliphatic rings. The van der Waals surface area contributed by atoms with Gasteiger partial charge >= 0.3 is 7.60 Å². The molecule has 65 heavy (non-hydrogen) atoms. The first-order valence-corrected chi connectivity index (χ1v) is 28.3. The average molecular weight is 1140 g/mol. The summed E-state index contributed by atoms with van der Waals surface area (Å²) < 4.78 is 32.0. The number of piperidine rings is 2. The molecule has 8 rings (SSSR count). The van der Waals surface area contributed by atoms with Gasteiger partial charge in [0.2, 0.25) is 0 Å². The third-order valence-corrected chi connectivity index (χ3v) is 17.0. The molecular weight excluding hydrogens is 1070 g/mol. The number of nitrogens with zero attached hydrogens (tertiary/aromatic N) is 6. The Hall–Kier alpha value is -2.74. The molecule has 4 aromatic heterocycles. The molecule has 0 unspecified atom stereocenters. The summed E-state index contributed by atoms with van der Waals surface area (Å²) in [5, 5.41) is 2.54. The number of halogens is 3. The summed E-state index contributed by atoms with van der Waals surface area (Å²) in [5.74, 6) is 1.42. The summed E-state index contributed by atoms with van der Waals surface area (Å²) in [6.45, 7) is 26.2. The van der Waals surface area contributed by atoms with Gasteiger partial charge < -0.3 is 28.0 Å². The second-order valence-corrected chi connectivity index (χ2v) is 23.5. The number of alkyl halides is 1. The second-order valence-electron chi connectivity index (χ2n) is 18.4. The highest BCUT2D eigenvalue weighted by Gasteiger charge is 2.29. The highest BCUT2D eigenvalue weighted by Crippen LogP contribution is 2.50. The number of hydrogen-bond donors (Lipinski definition) is 0. The quantitative estimate of drug-likeness (QED) is 0.0648. The number of pyridine rings is 2. The van der Waals surface area contributed by atoms with Gasteiger partial charge in [-0.3, -0.25) is 4.57 Å². The van der Waals surface area contributed by atoms with E-state index in [1.165, 1.54) is 90.6 Å². The van der Waals surface area contributed by atoms with Gasteiger partial charge in [-0.1, -0.05) is 54.5 Å². The molecule has 6 aromatic rings. The van der Waals surface area contributed by atoms with E-state index in [1.54, 1.807) is 0 Å². The maximum Gasteiger partial charge on any atom is 0.330 e. The van der Waals surface area contributed by atoms with Crippen molar-refractivity contribution in [2.75, 3.05) is 59.8 Å². The average Bonchev–Trinajstić information content (AvgIpc) is 3.74. The molecule has 0 N–H and O–H groups in total. The smallest absolute Gasteiger partial charge is 0.330 e. The van der Waals surface area contributed by atoms with Crippen LogP contribution in [0.25, 0.3) is 33.4 Å². The fourth-order valence-electron chi connectivity index (χ4n) is 10.4. The van der Waals surface area contributed by atoms with Crippen molar-refractivity contribution in [1.82, 2.24) is 19.1 Å². The summed E-state index contributed by atoms with van der Waals surface area (Å²) >= 11 is 9.78. The van der Waals surface area contributed by atoms with Crippen LogP contribution >= 0.6 is 62.0 Å². The minimum Gasteiger partial charge on any atom is -0.371 e. The SMILES string of the molecule is CCOP(=O)(CCC1CCN(c2cc(C)nc3c2c(C)cn3-c2c(C)cc(Br)cc2C)CC1)OCC.Cc1cc(N2CCC(CCI)CC2)c2c(C)cn(-c3c(C)cc(Br)cc3C)c2n1. The van der Waals surface area contributed by atoms with Crippen LogP contribution in [-0.2, 0) is 13.6 Å². The van der Waals surface area contributed by atoms with E-state index < -0.39 is 7.60 Å². The van der Waals surface area contributed by atoms with Gasteiger partial charge in [-0.25, -0.2) is 9.97 Å². The Morgan fingerprint density at radius 2 is 0.969 bits per heavy atom. The van der Waals surface area contributed by atoms with Gasteiger partial charge in [0.05, 0.1) is 30.8 Å². The molecule has 0 spiro atoms. The predicted octanol–water partition coefficient (Wildman–Crippen LogP) is 15.0. The van der Waals surface area contributed by atoms with Crippen molar-refractivity contribution in [2.45, 2.75) is 108 Å². The van der Waals surface area contributed by atoms with Crippen molar-refractivity contribution in [1.29, 1.82) is 0 Å². The number of benzene rings is 2. The lowest BCUT2D eigenvalue weighted by atomic mass is 9.93. The Kier molecular flexibility index (Phi) is 16.7. The van der Waals surface area contributed by atoms with Crippen molar-refractivity contribution in [3.63, 3.8) is 0 Å². The molecule has 0 amide bonds. The van der Waals surface area contributed by atoms with Gasteiger partial charge in [0.15, 0.2) is 0 Å². The molecule has 13 heteroatoms. The molecule has 350 valence electrons. The van der Waals surface area contributed by atoms with E-state index in [0.29, 0.717) is 25.3 Å². The molecule has 0 radical (unpaired) electrons. The van der Waals surface area contributed by atoms with Crippen molar-refractivity contribution in [3.05, 3.63) is 103 Å². The number of aromatic nitrogens is 4. The van der Waals surface area contributed by atoms with E-state index in [9.17, 15) is 4.57 Å². The Balaban J connectivity index is 0.000000198. The zero-order valence-corrected chi connectivity index (χ0v) is 46.4. The maximum atomic E-state index is 12.9. The van der Waals surface area contributed by atoms with Crippen molar-refractivity contribution in [2.24, 2.45) is 11.8 Å². The van der Waals surface area contributed by atoms with Crippen LogP contribution in [0, 0.1) is 67.2 Å². The first kappa shape index (κ1) is 50.1. The van der Waals surface area contributed by atoms with Gasteiger partial charge in [-0.05, 0) is 194 Å². The van der Waals surface area contributed by atoms with E-state index in [-0.39, 0.29) is 0 Å². The molecule has 0 atom stereocenters. The molecule has 2 aromatic carbocycles. The lowest BCUT2D eigenvalue weighted by Gasteiger charge is -2.34. The summed E-state index contributed by atoms with van der Waals surface area (Å²) in [4.78, 5) is 15.1. The Morgan fingerprint density at radius 1 is 0.600 bits per heavy atom. The first-order chi connectivity index (χ1) is 31.0. The molecular formula is C52H68Br2IN6O3P. The number of rotatable bonds is 13. The zero-order chi connectivity index (χ0) is 46.7. The Morgan fingerprint density at radius 3 is 1.32 bits per heavy atom. The molecule has 2 fully saturated rings. The van der Waals surface area contributed by atoms with Crippen molar-refractivity contribution < 1.29 is 13.6 Å². The molecule has 6 heterocycles. The lowest BCUT2D eigenvalue weighted by Crippen LogP contribution is -2.34. The van der Waals surface area contributed by atoms with Gasteiger partial charge in [0, 0.05) is 81.1 Å². The minimum atomic E-state index is -2.97. The second kappa shape index (κ2) is 21.7. The Bertz CT molecular complexity index is 2640. The highest BCUT2D eigenvalue weighted by molar-refractivity contribution is 14.1. The first-order valence-electron chi connectivity index (χ1n) is 23.5. The molecule has 0 bridgehead atoms. The molecule has 2 saturated heterocycles. The minimum absolute atomic E-state index is 0.422. The summed E-state index contributed by atoms with van der Waals surface area (Å²) in [6, 6.07) is 13.2. The Labute approximate surface area is 418 Å². The van der Waals surface area contributed by atoms with Gasteiger partial charge in [0.1, 0.15) is 11.3 Å². The van der Waals surface area contributed by atoms with Crippen LogP contribution in [0.4, 0.5) is 11.4 Å². The van der Waals surface area contributed by atoms with Crippen molar-refractivity contribution >= 4 is 95.5 Å². The molecule has 2 aliphatic heterocycles. The fourth-order valence-corrected chi connectivity index (χ4v) is 14.5. The van der Waals surface area contributed by atoms with E-state index in [0.717, 1.165) is 83.0 Å². The number of anilines is 2. The van der Waals surface area contributed by atoms with Crippen LogP contribution in [0.3, 0.4) is 0 Å². The third kappa shape index (κ3) is 11.3. The maximum absolute atomic E-state index is 12.9. The van der Waals surface area contributed by atoms with Crippen LogP contribution in [0.5, 0.6) is 0 Å². The number of fused-ring (bicyclic) bond motifs is 2. The lowest BCUT2D eigenvalue weighted by molar-refractivity contribution is 0.217. The molecule has 0 aliphatic carbocycles. The largest absolute Gasteiger partial charge is 0.371 e. The van der Waals surface area contributed by atoms with Gasteiger partial charge in [-0.2, -0.15) is 0 Å². The standard InChI is InChI=1S/C28H39BrN3O3P.C24H29BrIN3/c1-7-34-36(33,35-8-2)14-11-23-9-12-31(13-10-23)25-17-22(6)30-28-26(25)21(5)18-32(28)27-19(3)15-24(29)16-20(27)4;1-15-11-20(25)12-16(2)23(15)29-14-17(3)22-21(13-18(4)27-24(22)29)28-9-6-19(5-8-26)7-10-28/h15-18,23H,7-14H2,1-6H3;11-14,19H,5-10H2,1-4H3. The number of aryl methyl sites for hydroxylation is 8. The predicted molar refractivity (Wildman–Crippen MR) is 289 cm³/mol. The number of hydrogen-bond acceptors (Lipinski definition) is 7. The van der Waals surface area contributed by atoms with E-state index in [4.69, 9.17) is 19.0 Å². The topological polar surface area (TPSA) is 77.7 Å². The van der Waals surface area contributed by atoms with E-state index in [2.05, 4.69) is 178 Å². The summed E-state index contributed by atoms with van der Waals surface area (Å²) in [7, 11) is -2.97. The van der Waals surface area contributed by atoms with Gasteiger partial charge in [0.25, 0.3) is 0 Å². The van der Waals surface area contributed by atoms with Gasteiger partial charge in [-0.15, -0.1) is 0 Å². The monoisotopic (exact) mass is 1140 g/mol. The van der Waals surface area contributed by atoms with Crippen LogP contribution in [0.1, 0.15) is 97.1 Å². The van der Waals surface area contributed by atoms with E-state index in [1.807, 2.05) is 13.8 Å². The van der Waals surface area contributed by atoms with Crippen LogP contribution in [-0.4, -0.2) is 69.1 Å². The third-order valence-electron chi connectivity index (χ3n) is 13.4. The van der Waals surface area contributed by atoms with Crippen LogP contribution in [0.15, 0.2) is 57.7 Å². The summed E-state index contributed by atoms with van der Waals surface area (Å²) in [5.41, 5.74) is 16.8. The molecule has 0 saturated carbocycles. The fraction of sp³-hybridized carbons (Fsp3) is 0.500. The van der Waals surface area contributed by atoms with E-state index >= 15 is 0 Å². The van der Waals surface area contributed by atoms with Crippen molar-refractivity contribution in [3.8, 4) is 11.4 Å². The summed E-state index contributed by atoms with van der Waals surface area (Å²) in [6.07, 6.45) is 12.0.